The number of ether oxygens (including phenoxy) is 1. The molecule has 3 aromatic rings. The number of pyridine rings is 1. The van der Waals surface area contributed by atoms with Gasteiger partial charge in [-0.05, 0) is 42.0 Å². The lowest BCUT2D eigenvalue weighted by molar-refractivity contribution is 0.414. The molecule has 0 saturated carbocycles. The smallest absolute Gasteiger partial charge is 0.191 e. The van der Waals surface area contributed by atoms with Crippen LogP contribution >= 0.6 is 0 Å². The molecular weight excluding hydrogens is 352 g/mol. The fourth-order valence-electron chi connectivity index (χ4n) is 2.69. The van der Waals surface area contributed by atoms with Crippen molar-refractivity contribution < 1.29 is 9.15 Å². The first-order chi connectivity index (χ1) is 13.8. The predicted molar refractivity (Wildman–Crippen MR) is 110 cm³/mol. The van der Waals surface area contributed by atoms with Gasteiger partial charge in [0.15, 0.2) is 5.96 Å². The van der Waals surface area contributed by atoms with Gasteiger partial charge in [0.05, 0.1) is 19.9 Å². The summed E-state index contributed by atoms with van der Waals surface area (Å²) in [6, 6.07) is 17.8. The molecule has 2 N–H and O–H groups in total. The van der Waals surface area contributed by atoms with E-state index in [4.69, 9.17) is 14.1 Å². The average Bonchev–Trinajstić information content (AvgIpc) is 3.26. The molecule has 0 saturated heterocycles. The molecule has 6 heteroatoms. The molecule has 146 valence electrons. The Hall–Kier alpha value is -3.28. The van der Waals surface area contributed by atoms with E-state index in [1.54, 1.807) is 13.4 Å². The number of furan rings is 1. The molecular formula is C22H26N4O2. The topological polar surface area (TPSA) is 71.7 Å². The Balaban J connectivity index is 1.55. The average molecular weight is 378 g/mol. The normalized spacial score (nSPS) is 11.2. The molecule has 0 aliphatic heterocycles. The van der Waals surface area contributed by atoms with Crippen LogP contribution in [0.1, 0.15) is 17.0 Å². The molecule has 0 unspecified atom stereocenters. The zero-order valence-electron chi connectivity index (χ0n) is 16.1. The van der Waals surface area contributed by atoms with Crippen molar-refractivity contribution in [2.24, 2.45) is 4.99 Å². The maximum atomic E-state index is 5.39. The Kier molecular flexibility index (Phi) is 7.49. The van der Waals surface area contributed by atoms with E-state index < -0.39 is 0 Å². The molecule has 0 aliphatic carbocycles. The van der Waals surface area contributed by atoms with E-state index in [-0.39, 0.29) is 0 Å². The molecule has 1 aromatic carbocycles. The van der Waals surface area contributed by atoms with Crippen LogP contribution < -0.4 is 15.4 Å². The monoisotopic (exact) mass is 378 g/mol. The van der Waals surface area contributed by atoms with Gasteiger partial charge in [-0.25, -0.2) is 4.99 Å². The van der Waals surface area contributed by atoms with Gasteiger partial charge in [0.25, 0.3) is 0 Å². The number of aromatic nitrogens is 1. The first-order valence-corrected chi connectivity index (χ1v) is 9.41. The molecule has 28 heavy (non-hydrogen) atoms. The van der Waals surface area contributed by atoms with Gasteiger partial charge in [0.2, 0.25) is 0 Å². The number of hydrogen-bond donors (Lipinski definition) is 2. The van der Waals surface area contributed by atoms with Crippen molar-refractivity contribution in [2.75, 3.05) is 20.2 Å². The first-order valence-electron chi connectivity index (χ1n) is 9.41. The third kappa shape index (κ3) is 6.46. The second kappa shape index (κ2) is 10.8. The maximum absolute atomic E-state index is 5.39. The number of methoxy groups -OCH3 is 1. The summed E-state index contributed by atoms with van der Waals surface area (Å²) < 4.78 is 10.6. The van der Waals surface area contributed by atoms with Gasteiger partial charge in [0.1, 0.15) is 11.5 Å². The van der Waals surface area contributed by atoms with Crippen molar-refractivity contribution in [3.8, 4) is 5.75 Å². The van der Waals surface area contributed by atoms with Gasteiger partial charge < -0.3 is 19.8 Å². The van der Waals surface area contributed by atoms with Crippen LogP contribution in [0.5, 0.6) is 5.75 Å². The number of guanidine groups is 1. The molecule has 3 rings (SSSR count). The molecule has 0 spiro atoms. The van der Waals surface area contributed by atoms with Crippen molar-refractivity contribution in [3.05, 3.63) is 84.1 Å². The third-order valence-corrected chi connectivity index (χ3v) is 4.22. The van der Waals surface area contributed by atoms with E-state index in [0.717, 1.165) is 54.7 Å². The summed E-state index contributed by atoms with van der Waals surface area (Å²) in [5.74, 6) is 2.58. The van der Waals surface area contributed by atoms with Gasteiger partial charge >= 0.3 is 0 Å². The van der Waals surface area contributed by atoms with Crippen molar-refractivity contribution in [2.45, 2.75) is 19.4 Å². The van der Waals surface area contributed by atoms with Gasteiger partial charge in [-0.1, -0.05) is 18.2 Å². The summed E-state index contributed by atoms with van der Waals surface area (Å²) in [4.78, 5) is 9.06. The summed E-state index contributed by atoms with van der Waals surface area (Å²) >= 11 is 0. The lowest BCUT2D eigenvalue weighted by Crippen LogP contribution is -2.39. The Labute approximate surface area is 165 Å². The molecule has 0 fully saturated rings. The number of nitrogens with one attached hydrogen (secondary N) is 2. The molecule has 0 atom stereocenters. The second-order valence-electron chi connectivity index (χ2n) is 6.27. The summed E-state index contributed by atoms with van der Waals surface area (Å²) in [5, 5.41) is 6.76. The molecule has 2 heterocycles. The lowest BCUT2D eigenvalue weighted by Gasteiger charge is -2.12. The Morgan fingerprint density at radius 1 is 1.00 bits per heavy atom. The van der Waals surface area contributed by atoms with Crippen LogP contribution in [0.2, 0.25) is 0 Å². The highest BCUT2D eigenvalue weighted by Crippen LogP contribution is 2.11. The van der Waals surface area contributed by atoms with Crippen LogP contribution in [0.4, 0.5) is 0 Å². The van der Waals surface area contributed by atoms with Gasteiger partial charge in [-0.3, -0.25) is 4.98 Å². The minimum Gasteiger partial charge on any atom is -0.497 e. The van der Waals surface area contributed by atoms with Gasteiger partial charge in [-0.15, -0.1) is 0 Å². The predicted octanol–water partition coefficient (Wildman–Crippen LogP) is 3.20. The molecule has 0 radical (unpaired) electrons. The Morgan fingerprint density at radius 3 is 2.50 bits per heavy atom. The van der Waals surface area contributed by atoms with E-state index in [0.29, 0.717) is 6.54 Å². The number of hydrogen-bond acceptors (Lipinski definition) is 4. The second-order valence-corrected chi connectivity index (χ2v) is 6.27. The van der Waals surface area contributed by atoms with Crippen LogP contribution in [0.25, 0.3) is 0 Å². The van der Waals surface area contributed by atoms with E-state index >= 15 is 0 Å². The zero-order valence-corrected chi connectivity index (χ0v) is 16.1. The minimum absolute atomic E-state index is 0.587. The fraction of sp³-hybridized carbons (Fsp3) is 0.273. The van der Waals surface area contributed by atoms with Gasteiger partial charge in [0, 0.05) is 37.8 Å². The highest BCUT2D eigenvalue weighted by Gasteiger charge is 2.02. The standard InChI is InChI=1S/C22H26N4O2/c1-27-20-9-7-18(8-10-20)17-26-22(25-15-12-21-6-4-16-28-21)24-14-11-19-5-2-3-13-23-19/h2-10,13,16H,11-12,14-15,17H2,1H3,(H2,24,25,26). The van der Waals surface area contributed by atoms with Crippen molar-refractivity contribution in [1.82, 2.24) is 15.6 Å². The quantitative estimate of drug-likeness (QED) is 0.442. The van der Waals surface area contributed by atoms with Crippen molar-refractivity contribution in [1.29, 1.82) is 0 Å². The summed E-state index contributed by atoms with van der Waals surface area (Å²) in [6.45, 7) is 2.08. The van der Waals surface area contributed by atoms with E-state index in [2.05, 4.69) is 15.6 Å². The van der Waals surface area contributed by atoms with Gasteiger partial charge in [-0.2, -0.15) is 0 Å². The minimum atomic E-state index is 0.587. The Bertz CT molecular complexity index is 831. The SMILES string of the molecule is COc1ccc(CN=C(NCCc2ccccn2)NCCc2ccco2)cc1. The molecule has 0 amide bonds. The number of rotatable bonds is 9. The van der Waals surface area contributed by atoms with Crippen LogP contribution in [-0.4, -0.2) is 31.1 Å². The highest BCUT2D eigenvalue weighted by molar-refractivity contribution is 5.79. The summed E-state index contributed by atoms with van der Waals surface area (Å²) in [5.41, 5.74) is 2.18. The number of nitrogens with zero attached hydrogens (tertiary/aromatic N) is 2. The van der Waals surface area contributed by atoms with Crippen molar-refractivity contribution in [3.63, 3.8) is 0 Å². The van der Waals surface area contributed by atoms with Crippen molar-refractivity contribution >= 4 is 5.96 Å². The van der Waals surface area contributed by atoms with E-state index in [1.807, 2.05) is 60.8 Å². The number of benzene rings is 1. The van der Waals surface area contributed by atoms with Crippen LogP contribution in [0.3, 0.4) is 0 Å². The lowest BCUT2D eigenvalue weighted by atomic mass is 10.2. The number of aliphatic imine (C=N–C) groups is 1. The zero-order chi connectivity index (χ0) is 19.4. The molecule has 6 nitrogen and oxygen atoms in total. The van der Waals surface area contributed by atoms with Crippen LogP contribution in [0.15, 0.2) is 76.5 Å². The van der Waals surface area contributed by atoms with Crippen LogP contribution in [0, 0.1) is 0 Å². The summed E-state index contributed by atoms with van der Waals surface area (Å²) in [6.07, 6.45) is 5.15. The van der Waals surface area contributed by atoms with E-state index in [1.165, 1.54) is 0 Å². The van der Waals surface area contributed by atoms with E-state index in [9.17, 15) is 0 Å². The summed E-state index contributed by atoms with van der Waals surface area (Å²) in [7, 11) is 1.67. The highest BCUT2D eigenvalue weighted by atomic mass is 16.5. The first kappa shape index (κ1) is 19.5. The Morgan fingerprint density at radius 2 is 1.82 bits per heavy atom. The van der Waals surface area contributed by atoms with Crippen LogP contribution in [-0.2, 0) is 19.4 Å². The third-order valence-electron chi connectivity index (χ3n) is 4.22. The molecule has 0 aliphatic rings. The molecule has 2 aromatic heterocycles. The maximum Gasteiger partial charge on any atom is 0.191 e. The molecule has 0 bridgehead atoms. The fourth-order valence-corrected chi connectivity index (χ4v) is 2.69. The largest absolute Gasteiger partial charge is 0.497 e.